The van der Waals surface area contributed by atoms with Crippen molar-refractivity contribution in [2.75, 3.05) is 27.8 Å². The quantitative estimate of drug-likeness (QED) is 0.636. The molecular weight excluding hydrogens is 360 g/mol. The molecule has 0 fully saturated rings. The van der Waals surface area contributed by atoms with Gasteiger partial charge in [0.1, 0.15) is 11.8 Å². The number of nitrogens with zero attached hydrogens (tertiary/aromatic N) is 1. The number of carbonyl (C=O) groups is 2. The van der Waals surface area contributed by atoms with Gasteiger partial charge in [-0.15, -0.1) is 0 Å². The fourth-order valence-corrected chi connectivity index (χ4v) is 3.23. The van der Waals surface area contributed by atoms with E-state index in [2.05, 4.69) is 4.72 Å². The van der Waals surface area contributed by atoms with Gasteiger partial charge in [-0.1, -0.05) is 13.8 Å². The highest BCUT2D eigenvalue weighted by Gasteiger charge is 2.28. The molecule has 1 rings (SSSR count). The number of hydrogen-bond donors (Lipinski definition) is 1. The Labute approximate surface area is 154 Å². The number of ether oxygens (including phenoxy) is 2. The van der Waals surface area contributed by atoms with E-state index in [9.17, 15) is 18.0 Å². The van der Waals surface area contributed by atoms with Crippen molar-refractivity contribution in [1.82, 2.24) is 9.62 Å². The van der Waals surface area contributed by atoms with Crippen molar-refractivity contribution in [2.45, 2.75) is 31.2 Å². The summed E-state index contributed by atoms with van der Waals surface area (Å²) in [5.41, 5.74) is 0. The predicted molar refractivity (Wildman–Crippen MR) is 96.2 cm³/mol. The SMILES string of the molecule is COc1ccc(S(=O)(=O)N[C@@H](CC(C)C)C(=O)OCC(=O)N(C)C)cc1. The van der Waals surface area contributed by atoms with E-state index in [1.165, 1.54) is 50.4 Å². The number of sulfonamides is 1. The van der Waals surface area contributed by atoms with E-state index in [1.807, 2.05) is 13.8 Å². The Kier molecular flexibility index (Phi) is 8.04. The lowest BCUT2D eigenvalue weighted by Crippen LogP contribution is -2.43. The smallest absolute Gasteiger partial charge is 0.324 e. The summed E-state index contributed by atoms with van der Waals surface area (Å²) in [5, 5.41) is 0. The van der Waals surface area contributed by atoms with Crippen molar-refractivity contribution >= 4 is 21.9 Å². The van der Waals surface area contributed by atoms with E-state index >= 15 is 0 Å². The second-order valence-electron chi connectivity index (χ2n) is 6.37. The number of nitrogens with one attached hydrogen (secondary N) is 1. The van der Waals surface area contributed by atoms with E-state index in [4.69, 9.17) is 9.47 Å². The Morgan fingerprint density at radius 3 is 2.19 bits per heavy atom. The van der Waals surface area contributed by atoms with Crippen LogP contribution in [0.2, 0.25) is 0 Å². The van der Waals surface area contributed by atoms with Gasteiger partial charge >= 0.3 is 5.97 Å². The fraction of sp³-hybridized carbons (Fsp3) is 0.529. The molecule has 1 aromatic rings. The normalized spacial score (nSPS) is 12.5. The molecule has 0 unspecified atom stereocenters. The zero-order valence-corrected chi connectivity index (χ0v) is 16.5. The van der Waals surface area contributed by atoms with Crippen LogP contribution in [0.15, 0.2) is 29.2 Å². The van der Waals surface area contributed by atoms with Gasteiger partial charge in [-0.05, 0) is 36.6 Å². The van der Waals surface area contributed by atoms with Crippen LogP contribution >= 0.6 is 0 Å². The van der Waals surface area contributed by atoms with Crippen molar-refractivity contribution in [2.24, 2.45) is 5.92 Å². The Morgan fingerprint density at radius 1 is 1.15 bits per heavy atom. The van der Waals surface area contributed by atoms with Gasteiger partial charge in [0.25, 0.3) is 5.91 Å². The third kappa shape index (κ3) is 6.64. The fourth-order valence-electron chi connectivity index (χ4n) is 2.04. The van der Waals surface area contributed by atoms with Gasteiger partial charge < -0.3 is 14.4 Å². The Balaban J connectivity index is 2.90. The van der Waals surface area contributed by atoms with Crippen LogP contribution in [0.4, 0.5) is 0 Å². The largest absolute Gasteiger partial charge is 0.497 e. The lowest BCUT2D eigenvalue weighted by atomic mass is 10.1. The van der Waals surface area contributed by atoms with Crippen LogP contribution in [-0.2, 0) is 24.3 Å². The third-order valence-electron chi connectivity index (χ3n) is 3.50. The first-order chi connectivity index (χ1) is 12.1. The Bertz CT molecular complexity index is 713. The molecule has 0 aliphatic carbocycles. The molecule has 8 nitrogen and oxygen atoms in total. The number of esters is 1. The van der Waals surface area contributed by atoms with Crippen molar-refractivity contribution in [3.05, 3.63) is 24.3 Å². The molecule has 0 aliphatic rings. The molecule has 146 valence electrons. The van der Waals surface area contributed by atoms with E-state index in [0.29, 0.717) is 5.75 Å². The highest BCUT2D eigenvalue weighted by Crippen LogP contribution is 2.17. The van der Waals surface area contributed by atoms with Gasteiger partial charge in [0.15, 0.2) is 6.61 Å². The minimum absolute atomic E-state index is 0.00391. The minimum atomic E-state index is -3.93. The summed E-state index contributed by atoms with van der Waals surface area (Å²) in [7, 11) is 0.618. The molecule has 1 aromatic carbocycles. The van der Waals surface area contributed by atoms with Crippen LogP contribution in [0, 0.1) is 5.92 Å². The maximum atomic E-state index is 12.5. The molecule has 0 aromatic heterocycles. The zero-order chi connectivity index (χ0) is 19.9. The number of methoxy groups -OCH3 is 1. The van der Waals surface area contributed by atoms with Crippen molar-refractivity contribution < 1.29 is 27.5 Å². The molecule has 1 atom stereocenters. The average Bonchev–Trinajstić information content (AvgIpc) is 2.58. The monoisotopic (exact) mass is 386 g/mol. The lowest BCUT2D eigenvalue weighted by Gasteiger charge is -2.20. The number of rotatable bonds is 9. The summed E-state index contributed by atoms with van der Waals surface area (Å²) in [6.45, 7) is 3.27. The number of amides is 1. The molecule has 26 heavy (non-hydrogen) atoms. The lowest BCUT2D eigenvalue weighted by molar-refractivity contribution is -0.152. The van der Waals surface area contributed by atoms with Gasteiger partial charge in [0, 0.05) is 14.1 Å². The molecule has 0 heterocycles. The highest BCUT2D eigenvalue weighted by atomic mass is 32.2. The van der Waals surface area contributed by atoms with Crippen LogP contribution in [0.5, 0.6) is 5.75 Å². The summed E-state index contributed by atoms with van der Waals surface area (Å²) in [6.07, 6.45) is 0.240. The second kappa shape index (κ2) is 9.54. The molecule has 0 bridgehead atoms. The average molecular weight is 386 g/mol. The van der Waals surface area contributed by atoms with Gasteiger partial charge in [-0.25, -0.2) is 8.42 Å². The molecule has 0 radical (unpaired) electrons. The summed E-state index contributed by atoms with van der Waals surface area (Å²) in [6, 6.07) is 4.71. The molecule has 0 saturated heterocycles. The molecule has 0 spiro atoms. The molecule has 9 heteroatoms. The zero-order valence-electron chi connectivity index (χ0n) is 15.7. The number of likely N-dealkylation sites (N-methyl/N-ethyl adjacent to an activating group) is 1. The van der Waals surface area contributed by atoms with Crippen LogP contribution in [0.25, 0.3) is 0 Å². The maximum absolute atomic E-state index is 12.5. The van der Waals surface area contributed by atoms with Crippen molar-refractivity contribution in [3.63, 3.8) is 0 Å². The highest BCUT2D eigenvalue weighted by molar-refractivity contribution is 7.89. The number of hydrogen-bond acceptors (Lipinski definition) is 6. The van der Waals surface area contributed by atoms with Crippen LogP contribution < -0.4 is 9.46 Å². The Hall–Kier alpha value is -2.13. The van der Waals surface area contributed by atoms with E-state index in [-0.39, 0.29) is 23.1 Å². The molecule has 0 saturated carbocycles. The van der Waals surface area contributed by atoms with E-state index < -0.39 is 28.6 Å². The molecule has 1 N–H and O–H groups in total. The molecule has 0 aliphatic heterocycles. The summed E-state index contributed by atoms with van der Waals surface area (Å²) in [4.78, 5) is 25.1. The number of carbonyl (C=O) groups excluding carboxylic acids is 2. The standard InChI is InChI=1S/C17H26N2O6S/c1-12(2)10-15(17(21)25-11-16(20)19(3)4)18-26(22,23)14-8-6-13(24-5)7-9-14/h6-9,12,15,18H,10-11H2,1-5H3/t15-/m0/s1. The van der Waals surface area contributed by atoms with E-state index in [1.54, 1.807) is 0 Å². The first kappa shape index (κ1) is 21.9. The predicted octanol–water partition coefficient (Wildman–Crippen LogP) is 1.02. The van der Waals surface area contributed by atoms with Crippen LogP contribution in [0.3, 0.4) is 0 Å². The first-order valence-corrected chi connectivity index (χ1v) is 9.58. The summed E-state index contributed by atoms with van der Waals surface area (Å²) in [5.74, 6) is -0.620. The van der Waals surface area contributed by atoms with Gasteiger partial charge in [0.2, 0.25) is 10.0 Å². The number of benzene rings is 1. The minimum Gasteiger partial charge on any atom is -0.497 e. The summed E-state index contributed by atoms with van der Waals surface area (Å²) >= 11 is 0. The Morgan fingerprint density at radius 2 is 1.73 bits per heavy atom. The maximum Gasteiger partial charge on any atom is 0.324 e. The van der Waals surface area contributed by atoms with Gasteiger partial charge in [0.05, 0.1) is 12.0 Å². The van der Waals surface area contributed by atoms with Crippen LogP contribution in [0.1, 0.15) is 20.3 Å². The van der Waals surface area contributed by atoms with Gasteiger partial charge in [-0.2, -0.15) is 4.72 Å². The second-order valence-corrected chi connectivity index (χ2v) is 8.09. The van der Waals surface area contributed by atoms with Crippen LogP contribution in [-0.4, -0.2) is 59.0 Å². The van der Waals surface area contributed by atoms with Crippen molar-refractivity contribution in [3.8, 4) is 5.75 Å². The molecular formula is C17H26N2O6S. The summed E-state index contributed by atoms with van der Waals surface area (Å²) < 4.78 is 37.4. The molecule has 1 amide bonds. The van der Waals surface area contributed by atoms with Gasteiger partial charge in [-0.3, -0.25) is 9.59 Å². The third-order valence-corrected chi connectivity index (χ3v) is 4.98. The van der Waals surface area contributed by atoms with Crippen molar-refractivity contribution in [1.29, 1.82) is 0 Å². The van der Waals surface area contributed by atoms with E-state index in [0.717, 1.165) is 0 Å². The topological polar surface area (TPSA) is 102 Å². The first-order valence-electron chi connectivity index (χ1n) is 8.10.